The summed E-state index contributed by atoms with van der Waals surface area (Å²) >= 11 is 0. The van der Waals surface area contributed by atoms with Crippen LogP contribution in [0, 0.1) is 6.92 Å². The van der Waals surface area contributed by atoms with Crippen LogP contribution in [0.3, 0.4) is 0 Å². The third-order valence-corrected chi connectivity index (χ3v) is 14.3. The highest BCUT2D eigenvalue weighted by Gasteiger charge is 2.54. The van der Waals surface area contributed by atoms with Crippen LogP contribution in [0.1, 0.15) is 78.1 Å². The Balaban J connectivity index is 1.23. The molecule has 1 aliphatic carbocycles. The monoisotopic (exact) mass is 770 g/mol. The number of unbranched alkanes of at least 4 members (excludes halogenated alkanes) is 1. The van der Waals surface area contributed by atoms with Crippen molar-refractivity contribution < 1.29 is 0 Å². The van der Waals surface area contributed by atoms with Crippen LogP contribution in [-0.4, -0.2) is 6.85 Å². The number of hydrogen-bond donors (Lipinski definition) is 0. The molecule has 0 aromatic heterocycles. The SMILES string of the molecule is CCCCc1ccc(N2B3c4cccc5c4N(c4ccccc4C5(c4ccccc4)c4ccccc4)c4cc(C)cc(c43)-c3ccc4c(c32)-c2ccccc2C4(C)C)cc1. The van der Waals surface area contributed by atoms with Crippen molar-refractivity contribution in [2.75, 3.05) is 9.71 Å². The molecule has 0 saturated carbocycles. The minimum absolute atomic E-state index is 0.0762. The summed E-state index contributed by atoms with van der Waals surface area (Å²) in [7, 11) is 0. The summed E-state index contributed by atoms with van der Waals surface area (Å²) in [6.07, 6.45) is 3.49. The number of benzene rings is 8. The predicted molar refractivity (Wildman–Crippen MR) is 253 cm³/mol. The molecule has 4 aliphatic rings. The molecule has 12 rings (SSSR count). The van der Waals surface area contributed by atoms with E-state index in [0.29, 0.717) is 0 Å². The third kappa shape index (κ3) is 4.61. The summed E-state index contributed by atoms with van der Waals surface area (Å²) in [4.78, 5) is 5.38. The van der Waals surface area contributed by atoms with Gasteiger partial charge in [0.05, 0.1) is 11.1 Å². The number of rotatable bonds is 6. The van der Waals surface area contributed by atoms with E-state index >= 15 is 0 Å². The van der Waals surface area contributed by atoms with Crippen molar-refractivity contribution in [3.05, 3.63) is 220 Å². The summed E-state index contributed by atoms with van der Waals surface area (Å²) in [6, 6.07) is 67.4. The molecule has 8 aromatic carbocycles. The molecule has 8 aromatic rings. The second-order valence-electron chi connectivity index (χ2n) is 17.9. The lowest BCUT2D eigenvalue weighted by atomic mass is 9.42. The Labute approximate surface area is 354 Å². The highest BCUT2D eigenvalue weighted by molar-refractivity contribution is 6.93. The molecule has 0 bridgehead atoms. The number of fused-ring (bicyclic) bond motifs is 10. The Hall–Kier alpha value is -6.58. The van der Waals surface area contributed by atoms with Crippen LogP contribution in [0.25, 0.3) is 22.3 Å². The van der Waals surface area contributed by atoms with Crippen LogP contribution in [0.5, 0.6) is 0 Å². The van der Waals surface area contributed by atoms with Gasteiger partial charge in [0.15, 0.2) is 0 Å². The molecule has 0 N–H and O–H groups in total. The van der Waals surface area contributed by atoms with Crippen molar-refractivity contribution in [1.29, 1.82) is 0 Å². The van der Waals surface area contributed by atoms with Crippen LogP contribution in [0.15, 0.2) is 176 Å². The molecule has 2 nitrogen and oxygen atoms in total. The Morgan fingerprint density at radius 3 is 1.93 bits per heavy atom. The Morgan fingerprint density at radius 2 is 1.20 bits per heavy atom. The van der Waals surface area contributed by atoms with Crippen molar-refractivity contribution in [3.8, 4) is 22.3 Å². The largest absolute Gasteiger partial charge is 0.376 e. The summed E-state index contributed by atoms with van der Waals surface area (Å²) in [6.45, 7) is 9.31. The zero-order chi connectivity index (χ0) is 40.3. The predicted octanol–water partition coefficient (Wildman–Crippen LogP) is 13.0. The topological polar surface area (TPSA) is 6.48 Å². The fourth-order valence-corrected chi connectivity index (χ4v) is 11.8. The highest BCUT2D eigenvalue weighted by Crippen LogP contribution is 2.61. The fraction of sp³-hybridized carbons (Fsp3) is 0.158. The van der Waals surface area contributed by atoms with Crippen LogP contribution in [0.4, 0.5) is 28.4 Å². The van der Waals surface area contributed by atoms with Crippen LogP contribution in [-0.2, 0) is 17.3 Å². The van der Waals surface area contributed by atoms with Crippen molar-refractivity contribution >= 4 is 46.2 Å². The van der Waals surface area contributed by atoms with Gasteiger partial charge in [-0.25, -0.2) is 0 Å². The Kier molecular flexibility index (Phi) is 7.64. The average Bonchev–Trinajstić information content (AvgIpc) is 3.53. The number of anilines is 5. The standard InChI is InChI=1S/C57H47BN2/c1-5-6-18-38-29-31-41(32-30-38)60-54-42(33-34-47-52(54)43-23-13-14-24-45(43)56(47,3)4)44-35-37(2)36-51-53(44)58(60)49-27-17-26-48-55(49)59(51)50-28-16-15-25-46(50)57(48,39-19-9-7-10-20-39)40-21-11-8-12-22-40/h7-17,19-36H,5-6,18H2,1-4H3. The molecular weight excluding hydrogens is 723 g/mol. The minimum atomic E-state index is -0.548. The van der Waals surface area contributed by atoms with Gasteiger partial charge in [0.1, 0.15) is 0 Å². The third-order valence-electron chi connectivity index (χ3n) is 14.3. The Bertz CT molecular complexity index is 2980. The molecule has 0 fully saturated rings. The molecule has 0 unspecified atom stereocenters. The van der Waals surface area contributed by atoms with E-state index in [0.717, 1.165) is 6.42 Å². The normalized spacial score (nSPS) is 15.4. The maximum absolute atomic E-state index is 2.75. The van der Waals surface area contributed by atoms with Crippen LogP contribution >= 0.6 is 0 Å². The maximum atomic E-state index is 2.75. The molecule has 0 spiro atoms. The van der Waals surface area contributed by atoms with Gasteiger partial charge in [-0.15, -0.1) is 0 Å². The molecule has 3 heteroatoms. The van der Waals surface area contributed by atoms with E-state index in [-0.39, 0.29) is 12.3 Å². The van der Waals surface area contributed by atoms with Crippen molar-refractivity contribution in [2.45, 2.75) is 57.8 Å². The van der Waals surface area contributed by atoms with Gasteiger partial charge in [0.25, 0.3) is 0 Å². The lowest BCUT2D eigenvalue weighted by Crippen LogP contribution is -2.63. The molecule has 3 heterocycles. The van der Waals surface area contributed by atoms with Gasteiger partial charge in [-0.05, 0) is 111 Å². The number of para-hydroxylation sites is 2. The summed E-state index contributed by atoms with van der Waals surface area (Å²) in [5.41, 5.74) is 24.4. The van der Waals surface area contributed by atoms with Crippen molar-refractivity contribution in [2.24, 2.45) is 0 Å². The highest BCUT2D eigenvalue weighted by atomic mass is 15.2. The van der Waals surface area contributed by atoms with Gasteiger partial charge < -0.3 is 9.71 Å². The van der Waals surface area contributed by atoms with E-state index < -0.39 is 5.41 Å². The average molecular weight is 771 g/mol. The molecule has 288 valence electrons. The number of nitrogens with zero attached hydrogens (tertiary/aromatic N) is 2. The summed E-state index contributed by atoms with van der Waals surface area (Å²) in [5.74, 6) is 0. The van der Waals surface area contributed by atoms with Crippen LogP contribution < -0.4 is 20.6 Å². The Morgan fingerprint density at radius 1 is 0.533 bits per heavy atom. The van der Waals surface area contributed by atoms with E-state index in [1.54, 1.807) is 0 Å². The second kappa shape index (κ2) is 13.0. The van der Waals surface area contributed by atoms with E-state index in [2.05, 4.69) is 213 Å². The maximum Gasteiger partial charge on any atom is 0.333 e. The van der Waals surface area contributed by atoms with Gasteiger partial charge >= 0.3 is 6.85 Å². The zero-order valence-electron chi connectivity index (χ0n) is 34.8. The molecule has 0 amide bonds. The molecule has 0 radical (unpaired) electrons. The minimum Gasteiger partial charge on any atom is -0.376 e. The van der Waals surface area contributed by atoms with Gasteiger partial charge in [-0.1, -0.05) is 179 Å². The molecule has 60 heavy (non-hydrogen) atoms. The zero-order valence-corrected chi connectivity index (χ0v) is 34.8. The summed E-state index contributed by atoms with van der Waals surface area (Å²) in [5, 5.41) is 0. The van der Waals surface area contributed by atoms with Gasteiger partial charge in [0.2, 0.25) is 0 Å². The van der Waals surface area contributed by atoms with Gasteiger partial charge in [-0.2, -0.15) is 0 Å². The molecule has 0 saturated heterocycles. The first-order valence-electron chi connectivity index (χ1n) is 21.9. The van der Waals surface area contributed by atoms with E-state index in [1.807, 2.05) is 0 Å². The first-order chi connectivity index (χ1) is 29.4. The lowest BCUT2D eigenvalue weighted by Gasteiger charge is -2.52. The first kappa shape index (κ1) is 35.4. The fourth-order valence-electron chi connectivity index (χ4n) is 11.8. The van der Waals surface area contributed by atoms with Gasteiger partial charge in [-0.3, -0.25) is 0 Å². The first-order valence-corrected chi connectivity index (χ1v) is 21.9. The molecular formula is C57H47BN2. The van der Waals surface area contributed by atoms with E-state index in [1.165, 1.54) is 119 Å². The van der Waals surface area contributed by atoms with E-state index in [9.17, 15) is 0 Å². The number of aryl methyl sites for hydroxylation is 2. The van der Waals surface area contributed by atoms with Crippen molar-refractivity contribution in [3.63, 3.8) is 0 Å². The quantitative estimate of drug-likeness (QED) is 0.155. The smallest absolute Gasteiger partial charge is 0.333 e. The van der Waals surface area contributed by atoms with Crippen molar-refractivity contribution in [1.82, 2.24) is 0 Å². The van der Waals surface area contributed by atoms with E-state index in [4.69, 9.17) is 0 Å². The molecule has 0 atom stereocenters. The lowest BCUT2D eigenvalue weighted by molar-refractivity contribution is 0.660. The second-order valence-corrected chi connectivity index (χ2v) is 17.9. The number of hydrogen-bond acceptors (Lipinski definition) is 2. The van der Waals surface area contributed by atoms with Crippen LogP contribution in [0.2, 0.25) is 0 Å². The van der Waals surface area contributed by atoms with Gasteiger partial charge in [0, 0.05) is 39.3 Å². The molecule has 3 aliphatic heterocycles. The summed E-state index contributed by atoms with van der Waals surface area (Å²) < 4.78 is 0.